The molecule has 0 rings (SSSR count). The van der Waals surface area contributed by atoms with E-state index in [0.29, 0.717) is 0 Å². The van der Waals surface area contributed by atoms with Gasteiger partial charge in [0.25, 0.3) is 0 Å². The maximum Gasteiger partial charge on any atom is 0.0588 e. The zero-order chi connectivity index (χ0) is 4.83. The molecule has 3 heteroatoms. The van der Waals surface area contributed by atoms with Crippen LogP contribution in [0.15, 0.2) is 12.7 Å². The molecule has 0 aliphatic rings. The first-order valence-corrected chi connectivity index (χ1v) is 3.48. The highest BCUT2D eigenvalue weighted by Gasteiger charge is 1.63. The third-order valence-corrected chi connectivity index (χ3v) is 0.999. The van der Waals surface area contributed by atoms with Gasteiger partial charge in [-0.25, -0.2) is 0 Å². The van der Waals surface area contributed by atoms with E-state index in [1.165, 1.54) is 0 Å². The Morgan fingerprint density at radius 1 is 2.00 bits per heavy atom. The molecule has 0 unspecified atom stereocenters. The molecule has 0 saturated heterocycles. The van der Waals surface area contributed by atoms with E-state index >= 15 is 0 Å². The van der Waals surface area contributed by atoms with Crippen LogP contribution in [0.3, 0.4) is 0 Å². The molecule has 0 atom stereocenters. The third kappa shape index (κ3) is 4.22. The van der Waals surface area contributed by atoms with Crippen molar-refractivity contribution in [2.75, 3.05) is 6.54 Å². The molecular weight excluding hydrogens is 113 g/mol. The second kappa shape index (κ2) is 5.22. The molecule has 0 fully saturated rings. The number of rotatable bonds is 3. The Kier molecular flexibility index (Phi) is 5.41. The monoisotopic (exact) mass is 119 g/mol. The van der Waals surface area contributed by atoms with Crippen LogP contribution >= 0.6 is 7.51 Å². The molecule has 6 heavy (non-hydrogen) atoms. The van der Waals surface area contributed by atoms with Crippen molar-refractivity contribution in [2.24, 2.45) is 0 Å². The number of hydrogen-bond donors (Lipinski definition) is 1. The maximum atomic E-state index is 4.53. The Morgan fingerprint density at radius 2 is 2.67 bits per heavy atom. The van der Waals surface area contributed by atoms with E-state index in [1.807, 2.05) is 0 Å². The van der Waals surface area contributed by atoms with Gasteiger partial charge in [0.05, 0.1) is 7.51 Å². The van der Waals surface area contributed by atoms with Crippen LogP contribution in [0.5, 0.6) is 0 Å². The normalized spacial score (nSPS) is 8.67. The van der Waals surface area contributed by atoms with Gasteiger partial charge in [-0.2, -0.15) is 0 Å². The van der Waals surface area contributed by atoms with Crippen LogP contribution in [0, 0.1) is 0 Å². The fourth-order valence-electron chi connectivity index (χ4n) is 0.102. The first-order valence-electron chi connectivity index (χ1n) is 1.58. The van der Waals surface area contributed by atoms with E-state index in [2.05, 4.69) is 23.5 Å². The maximum absolute atomic E-state index is 4.53. The Hall–Kier alpha value is 0.220. The molecule has 0 radical (unpaired) electrons. The zero-order valence-corrected chi connectivity index (χ0v) is 5.06. The lowest BCUT2D eigenvalue weighted by Crippen LogP contribution is -1.94. The van der Waals surface area contributed by atoms with Crippen molar-refractivity contribution in [3.63, 3.8) is 0 Å². The van der Waals surface area contributed by atoms with Crippen LogP contribution in [-0.2, 0) is 11.8 Å². The fourth-order valence-corrected chi connectivity index (χ4v) is 0.529. The highest BCUT2D eigenvalue weighted by Crippen LogP contribution is 1.76. The van der Waals surface area contributed by atoms with Gasteiger partial charge in [0.2, 0.25) is 0 Å². The molecule has 0 spiro atoms. The van der Waals surface area contributed by atoms with E-state index in [0.717, 1.165) is 14.1 Å². The van der Waals surface area contributed by atoms with Gasteiger partial charge in [-0.15, -0.1) is 6.58 Å². The van der Waals surface area contributed by atoms with E-state index in [-0.39, 0.29) is 0 Å². The highest BCUT2D eigenvalue weighted by molar-refractivity contribution is 7.95. The van der Waals surface area contributed by atoms with E-state index in [9.17, 15) is 0 Å². The quantitative estimate of drug-likeness (QED) is 0.339. The van der Waals surface area contributed by atoms with Crippen molar-refractivity contribution in [3.05, 3.63) is 12.7 Å². The topological polar surface area (TPSA) is 12.0 Å². The summed E-state index contributed by atoms with van der Waals surface area (Å²) in [5, 5.41) is 2.87. The minimum absolute atomic E-state index is 0.807. The summed E-state index contributed by atoms with van der Waals surface area (Å²) in [5.74, 6) is 0. The van der Waals surface area contributed by atoms with Crippen LogP contribution in [-0.4, -0.2) is 6.54 Å². The average molecular weight is 119 g/mol. The van der Waals surface area contributed by atoms with Gasteiger partial charge in [0.1, 0.15) is 0 Å². The van der Waals surface area contributed by atoms with Crippen LogP contribution < -0.4 is 5.09 Å². The molecule has 34 valence electrons. The van der Waals surface area contributed by atoms with Crippen LogP contribution in [0.2, 0.25) is 0 Å². The minimum atomic E-state index is 0.807. The summed E-state index contributed by atoms with van der Waals surface area (Å²) in [4.78, 5) is 0. The van der Waals surface area contributed by atoms with Crippen LogP contribution in [0.1, 0.15) is 0 Å². The largest absolute Gasteiger partial charge is 0.258 e. The summed E-state index contributed by atoms with van der Waals surface area (Å²) >= 11 is 4.53. The molecule has 0 aliphatic heterocycles. The zero-order valence-electron chi connectivity index (χ0n) is 3.35. The summed E-state index contributed by atoms with van der Waals surface area (Å²) in [7, 11) is 0.807. The first-order chi connectivity index (χ1) is 2.91. The van der Waals surface area contributed by atoms with Gasteiger partial charge in [-0.05, 0) is 11.8 Å². The Balaban J connectivity index is 2.66. The number of nitrogens with one attached hydrogen (secondary N) is 1. The molecule has 0 bridgehead atoms. The molecule has 0 aromatic rings. The van der Waals surface area contributed by atoms with E-state index < -0.39 is 0 Å². The molecule has 1 N–H and O–H groups in total. The highest BCUT2D eigenvalue weighted by atomic mass is 32.4. The Morgan fingerprint density at radius 3 is 2.83 bits per heavy atom. The van der Waals surface area contributed by atoms with E-state index in [1.54, 1.807) is 6.08 Å². The summed E-state index contributed by atoms with van der Waals surface area (Å²) in [6, 6.07) is 0. The van der Waals surface area contributed by atoms with Gasteiger partial charge in [0.15, 0.2) is 0 Å². The summed E-state index contributed by atoms with van der Waals surface area (Å²) < 4.78 is 0. The molecular formula is C3H6NPS. The second-order valence-electron chi connectivity index (χ2n) is 0.742. The van der Waals surface area contributed by atoms with Crippen molar-refractivity contribution in [1.82, 2.24) is 5.09 Å². The SMILES string of the molecule is C=CCNP=S. The second-order valence-corrected chi connectivity index (χ2v) is 1.79. The molecule has 0 aromatic carbocycles. The molecule has 0 amide bonds. The van der Waals surface area contributed by atoms with Gasteiger partial charge in [-0.1, -0.05) is 6.08 Å². The smallest absolute Gasteiger partial charge is 0.0588 e. The van der Waals surface area contributed by atoms with Crippen molar-refractivity contribution in [1.29, 1.82) is 0 Å². The Labute approximate surface area is 44.3 Å². The predicted octanol–water partition coefficient (Wildman–Crippen LogP) is 1.09. The van der Waals surface area contributed by atoms with Crippen LogP contribution in [0.4, 0.5) is 0 Å². The summed E-state index contributed by atoms with van der Waals surface area (Å²) in [5.41, 5.74) is 0. The molecule has 0 saturated carbocycles. The summed E-state index contributed by atoms with van der Waals surface area (Å²) in [6.07, 6.45) is 1.78. The van der Waals surface area contributed by atoms with E-state index in [4.69, 9.17) is 0 Å². The number of hydrogen-bond acceptors (Lipinski definition) is 1. The van der Waals surface area contributed by atoms with Gasteiger partial charge in [-0.3, -0.25) is 5.09 Å². The van der Waals surface area contributed by atoms with Gasteiger partial charge in [0, 0.05) is 6.54 Å². The van der Waals surface area contributed by atoms with Crippen molar-refractivity contribution < 1.29 is 0 Å². The van der Waals surface area contributed by atoms with Gasteiger partial charge >= 0.3 is 0 Å². The third-order valence-electron chi connectivity index (χ3n) is 0.300. The molecule has 0 heterocycles. The fraction of sp³-hybridized carbons (Fsp3) is 0.333. The van der Waals surface area contributed by atoms with Crippen molar-refractivity contribution >= 4 is 19.3 Å². The average Bonchev–Trinajstić information content (AvgIpc) is 1.61. The lowest BCUT2D eigenvalue weighted by molar-refractivity contribution is 1.13. The standard InChI is InChI=1S/C3H6NPS/c1-2-3-4-5-6/h2H,1,3H2,(H,4,6). The lowest BCUT2D eigenvalue weighted by atomic mass is 10.7. The predicted molar refractivity (Wildman–Crippen MR) is 32.5 cm³/mol. The molecule has 0 aliphatic carbocycles. The molecule has 1 nitrogen and oxygen atoms in total. The first kappa shape index (κ1) is 6.22. The minimum Gasteiger partial charge on any atom is -0.258 e. The van der Waals surface area contributed by atoms with Crippen LogP contribution in [0.25, 0.3) is 0 Å². The lowest BCUT2D eigenvalue weighted by Gasteiger charge is -1.79. The molecule has 0 aromatic heterocycles. The van der Waals surface area contributed by atoms with Gasteiger partial charge < -0.3 is 0 Å². The Bertz CT molecular complexity index is 46.8. The van der Waals surface area contributed by atoms with Crippen molar-refractivity contribution in [2.45, 2.75) is 0 Å². The van der Waals surface area contributed by atoms with Crippen molar-refractivity contribution in [3.8, 4) is 0 Å². The summed E-state index contributed by atoms with van der Waals surface area (Å²) in [6.45, 7) is 4.30.